The van der Waals surface area contributed by atoms with Crippen molar-refractivity contribution >= 4 is 33.3 Å². The van der Waals surface area contributed by atoms with Gasteiger partial charge < -0.3 is 5.11 Å². The van der Waals surface area contributed by atoms with E-state index in [9.17, 15) is 13.5 Å². The van der Waals surface area contributed by atoms with Crippen LogP contribution in [0.25, 0.3) is 0 Å². The Morgan fingerprint density at radius 2 is 2.12 bits per heavy atom. The lowest BCUT2D eigenvalue weighted by Gasteiger charge is -2.34. The fraction of sp³-hybridized carbons (Fsp3) is 0.429. The van der Waals surface area contributed by atoms with Crippen molar-refractivity contribution in [1.82, 2.24) is 14.8 Å². The number of aliphatic hydroxyl groups is 1. The maximum atomic E-state index is 11.3. The summed E-state index contributed by atoms with van der Waals surface area (Å²) >= 11 is 12.2. The van der Waals surface area contributed by atoms with Gasteiger partial charge in [0.2, 0.25) is 0 Å². The van der Waals surface area contributed by atoms with Crippen molar-refractivity contribution in [2.24, 2.45) is 5.92 Å². The third kappa shape index (κ3) is 4.67. The van der Waals surface area contributed by atoms with Crippen molar-refractivity contribution in [2.45, 2.75) is 19.1 Å². The highest BCUT2D eigenvalue weighted by Crippen LogP contribution is 2.37. The third-order valence-electron chi connectivity index (χ3n) is 3.61. The van der Waals surface area contributed by atoms with Crippen molar-refractivity contribution < 1.29 is 17.7 Å². The molecule has 7 nitrogen and oxygen atoms in total. The van der Waals surface area contributed by atoms with Gasteiger partial charge in [0.1, 0.15) is 18.3 Å². The van der Waals surface area contributed by atoms with Gasteiger partial charge >= 0.3 is 0 Å². The summed E-state index contributed by atoms with van der Waals surface area (Å²) in [7, 11) is -3.64. The first-order valence-corrected chi connectivity index (χ1v) is 9.54. The van der Waals surface area contributed by atoms with Gasteiger partial charge in [0.05, 0.1) is 19.4 Å². The number of halogens is 2. The highest BCUT2D eigenvalue weighted by molar-refractivity contribution is 7.85. The molecule has 132 valence electrons. The summed E-state index contributed by atoms with van der Waals surface area (Å²) in [5.74, 6) is -0.616. The SMILES string of the molecule is CC(COS(C)(=O)=O)C(O)(Cn1cncn1)c1ccc(Cl)cc1Cl. The molecule has 0 saturated carbocycles. The Morgan fingerprint density at radius 1 is 1.42 bits per heavy atom. The van der Waals surface area contributed by atoms with Crippen LogP contribution >= 0.6 is 23.2 Å². The number of rotatable bonds is 7. The van der Waals surface area contributed by atoms with Crippen LogP contribution in [0.3, 0.4) is 0 Å². The molecular weight excluding hydrogens is 377 g/mol. The van der Waals surface area contributed by atoms with Crippen molar-refractivity contribution in [3.05, 3.63) is 46.5 Å². The van der Waals surface area contributed by atoms with Gasteiger partial charge in [0.15, 0.2) is 0 Å². The monoisotopic (exact) mass is 393 g/mol. The standard InChI is InChI=1S/C14H17Cl2N3O4S/c1-10(6-23-24(2,21)22)14(20,7-19-9-17-8-18-19)12-4-3-11(15)5-13(12)16/h3-5,8-10,20H,6-7H2,1-2H3. The summed E-state index contributed by atoms with van der Waals surface area (Å²) in [6, 6.07) is 4.70. The first-order valence-electron chi connectivity index (χ1n) is 6.96. The molecule has 2 atom stereocenters. The van der Waals surface area contributed by atoms with E-state index in [4.69, 9.17) is 27.4 Å². The van der Waals surface area contributed by atoms with Crippen LogP contribution in [0.5, 0.6) is 0 Å². The summed E-state index contributed by atoms with van der Waals surface area (Å²) in [6.07, 6.45) is 3.73. The minimum Gasteiger partial charge on any atom is -0.383 e. The summed E-state index contributed by atoms with van der Waals surface area (Å²) in [5, 5.41) is 16.0. The van der Waals surface area contributed by atoms with Gasteiger partial charge in [0, 0.05) is 21.5 Å². The van der Waals surface area contributed by atoms with Crippen molar-refractivity contribution in [1.29, 1.82) is 0 Å². The Bertz CT molecular complexity index is 798. The smallest absolute Gasteiger partial charge is 0.264 e. The predicted octanol–water partition coefficient (Wildman–Crippen LogP) is 2.08. The molecular formula is C14H17Cl2N3O4S. The molecule has 0 spiro atoms. The normalized spacial score (nSPS) is 15.9. The Labute approximate surface area is 150 Å². The van der Waals surface area contributed by atoms with Gasteiger partial charge in [0.25, 0.3) is 10.1 Å². The quantitative estimate of drug-likeness (QED) is 0.723. The average molecular weight is 394 g/mol. The molecule has 0 amide bonds. The molecule has 0 fully saturated rings. The Kier molecular flexibility index (Phi) is 5.87. The second kappa shape index (κ2) is 7.37. The van der Waals surface area contributed by atoms with Crippen molar-refractivity contribution in [3.63, 3.8) is 0 Å². The molecule has 1 aromatic heterocycles. The molecule has 2 rings (SSSR count). The van der Waals surface area contributed by atoms with Crippen LogP contribution in [0.15, 0.2) is 30.9 Å². The molecule has 0 radical (unpaired) electrons. The average Bonchev–Trinajstić information content (AvgIpc) is 2.96. The number of nitrogens with zero attached hydrogens (tertiary/aromatic N) is 3. The van der Waals surface area contributed by atoms with E-state index >= 15 is 0 Å². The van der Waals surface area contributed by atoms with Crippen LogP contribution in [-0.4, -0.2) is 41.2 Å². The first kappa shape index (κ1) is 19.1. The minimum atomic E-state index is -3.64. The Morgan fingerprint density at radius 3 is 2.67 bits per heavy atom. The van der Waals surface area contributed by atoms with Crippen LogP contribution < -0.4 is 0 Å². The highest BCUT2D eigenvalue weighted by Gasteiger charge is 2.39. The second-order valence-corrected chi connectivity index (χ2v) is 8.02. The van der Waals surface area contributed by atoms with E-state index in [0.717, 1.165) is 6.26 Å². The maximum absolute atomic E-state index is 11.3. The van der Waals surface area contributed by atoms with Gasteiger partial charge in [-0.2, -0.15) is 13.5 Å². The zero-order valence-corrected chi connectivity index (χ0v) is 15.4. The first-order chi connectivity index (χ1) is 11.1. The molecule has 1 aromatic carbocycles. The molecule has 1 N–H and O–H groups in total. The van der Waals surface area contributed by atoms with E-state index in [-0.39, 0.29) is 18.2 Å². The number of benzene rings is 1. The third-order valence-corrected chi connectivity index (χ3v) is 4.73. The molecule has 24 heavy (non-hydrogen) atoms. The molecule has 0 saturated heterocycles. The van der Waals surface area contributed by atoms with Crippen LogP contribution in [0.2, 0.25) is 10.0 Å². The lowest BCUT2D eigenvalue weighted by molar-refractivity contribution is -0.0495. The molecule has 1 heterocycles. The number of hydrogen-bond acceptors (Lipinski definition) is 6. The van der Waals surface area contributed by atoms with E-state index < -0.39 is 21.6 Å². The lowest BCUT2D eigenvalue weighted by atomic mass is 9.82. The molecule has 2 unspecified atom stereocenters. The molecule has 10 heteroatoms. The summed E-state index contributed by atoms with van der Waals surface area (Å²) < 4.78 is 28.8. The molecule has 0 aliphatic rings. The van der Waals surface area contributed by atoms with Crippen molar-refractivity contribution in [2.75, 3.05) is 12.9 Å². The van der Waals surface area contributed by atoms with Gasteiger partial charge in [-0.1, -0.05) is 36.2 Å². The fourth-order valence-electron chi connectivity index (χ4n) is 2.27. The van der Waals surface area contributed by atoms with E-state index in [1.165, 1.54) is 23.4 Å². The molecule has 0 aliphatic carbocycles. The van der Waals surface area contributed by atoms with Gasteiger partial charge in [-0.3, -0.25) is 4.18 Å². The predicted molar refractivity (Wildman–Crippen MR) is 90.3 cm³/mol. The van der Waals surface area contributed by atoms with E-state index in [0.29, 0.717) is 10.6 Å². The molecule has 0 bridgehead atoms. The van der Waals surface area contributed by atoms with Crippen LogP contribution in [0.4, 0.5) is 0 Å². The van der Waals surface area contributed by atoms with Gasteiger partial charge in [-0.15, -0.1) is 0 Å². The maximum Gasteiger partial charge on any atom is 0.264 e. The summed E-state index contributed by atoms with van der Waals surface area (Å²) in [5.41, 5.74) is -1.14. The lowest BCUT2D eigenvalue weighted by Crippen LogP contribution is -2.41. The Hall–Kier alpha value is -1.19. The topological polar surface area (TPSA) is 94.3 Å². The van der Waals surface area contributed by atoms with E-state index in [2.05, 4.69) is 10.1 Å². The van der Waals surface area contributed by atoms with Crippen LogP contribution in [0, 0.1) is 5.92 Å². The zero-order chi connectivity index (χ0) is 18.0. The highest BCUT2D eigenvalue weighted by atomic mass is 35.5. The second-order valence-electron chi connectivity index (χ2n) is 5.53. The van der Waals surface area contributed by atoms with Crippen LogP contribution in [-0.2, 0) is 26.4 Å². The van der Waals surface area contributed by atoms with Gasteiger partial charge in [-0.05, 0) is 12.1 Å². The molecule has 0 aliphatic heterocycles. The zero-order valence-electron chi connectivity index (χ0n) is 13.1. The number of hydrogen-bond donors (Lipinski definition) is 1. The summed E-state index contributed by atoms with van der Waals surface area (Å²) in [6.45, 7) is 1.46. The van der Waals surface area contributed by atoms with Crippen molar-refractivity contribution in [3.8, 4) is 0 Å². The largest absolute Gasteiger partial charge is 0.383 e. The van der Waals surface area contributed by atoms with Crippen LogP contribution in [0.1, 0.15) is 12.5 Å². The van der Waals surface area contributed by atoms with Gasteiger partial charge in [-0.25, -0.2) is 9.67 Å². The summed E-state index contributed by atoms with van der Waals surface area (Å²) in [4.78, 5) is 3.84. The van der Waals surface area contributed by atoms with E-state index in [1.54, 1.807) is 19.1 Å². The Balaban J connectivity index is 2.40. The fourth-order valence-corrected chi connectivity index (χ4v) is 3.30. The number of aromatic nitrogens is 3. The van der Waals surface area contributed by atoms with E-state index in [1.807, 2.05) is 0 Å². The minimum absolute atomic E-state index is 0.0165. The molecule has 2 aromatic rings.